The summed E-state index contributed by atoms with van der Waals surface area (Å²) in [5.74, 6) is 0.386. The van der Waals surface area contributed by atoms with Crippen LogP contribution < -0.4 is 10.9 Å². The molecule has 0 fully saturated rings. The van der Waals surface area contributed by atoms with Crippen LogP contribution in [0.25, 0.3) is 10.2 Å². The van der Waals surface area contributed by atoms with Crippen molar-refractivity contribution in [3.63, 3.8) is 0 Å². The van der Waals surface area contributed by atoms with E-state index in [1.807, 2.05) is 0 Å². The number of amides is 1. The zero-order chi connectivity index (χ0) is 20.7. The number of fused-ring (bicyclic) bond motifs is 2. The molecule has 0 bridgehead atoms. The summed E-state index contributed by atoms with van der Waals surface area (Å²) in [5, 5.41) is 14.3. The van der Waals surface area contributed by atoms with Crippen LogP contribution in [0.1, 0.15) is 45.9 Å². The van der Waals surface area contributed by atoms with E-state index >= 15 is 0 Å². The molecule has 1 aromatic carbocycles. The molecule has 150 valence electrons. The molecule has 9 heteroatoms. The van der Waals surface area contributed by atoms with E-state index in [4.69, 9.17) is 0 Å². The van der Waals surface area contributed by atoms with Crippen molar-refractivity contribution in [2.45, 2.75) is 46.1 Å². The van der Waals surface area contributed by atoms with Gasteiger partial charge in [-0.1, -0.05) is 12.5 Å². The van der Waals surface area contributed by atoms with E-state index < -0.39 is 10.8 Å². The number of thiophene rings is 1. The topological polar surface area (TPSA) is 107 Å². The second-order valence-electron chi connectivity index (χ2n) is 7.24. The molecule has 0 aliphatic carbocycles. The Kier molecular flexibility index (Phi) is 4.91. The fraction of sp³-hybridized carbons (Fsp3) is 0.350. The SMILES string of the molecule is Cc1ccc([N+](=O)[O-])cc1NC(=O)c1sc2nc3n(c(=O)c2c1C)CCCCC3. The van der Waals surface area contributed by atoms with Gasteiger partial charge in [0.25, 0.3) is 17.2 Å². The first kappa shape index (κ1) is 19.3. The van der Waals surface area contributed by atoms with Crippen LogP contribution in [-0.2, 0) is 13.0 Å². The van der Waals surface area contributed by atoms with Gasteiger partial charge in [0.2, 0.25) is 0 Å². The van der Waals surface area contributed by atoms with Gasteiger partial charge in [0.15, 0.2) is 0 Å². The Balaban J connectivity index is 1.75. The van der Waals surface area contributed by atoms with Gasteiger partial charge in [0.05, 0.1) is 20.9 Å². The van der Waals surface area contributed by atoms with Crippen molar-refractivity contribution in [3.05, 3.63) is 60.5 Å². The number of hydrogen-bond donors (Lipinski definition) is 1. The maximum atomic E-state index is 13.0. The lowest BCUT2D eigenvalue weighted by Crippen LogP contribution is -2.24. The van der Waals surface area contributed by atoms with Crippen LogP contribution in [0.5, 0.6) is 0 Å². The third kappa shape index (κ3) is 3.42. The van der Waals surface area contributed by atoms with Gasteiger partial charge in [-0.2, -0.15) is 0 Å². The molecule has 2 aromatic heterocycles. The summed E-state index contributed by atoms with van der Waals surface area (Å²) in [7, 11) is 0. The van der Waals surface area contributed by atoms with Crippen LogP contribution in [0.15, 0.2) is 23.0 Å². The summed E-state index contributed by atoms with van der Waals surface area (Å²) in [4.78, 5) is 42.1. The molecule has 1 amide bonds. The predicted molar refractivity (Wildman–Crippen MR) is 112 cm³/mol. The van der Waals surface area contributed by atoms with E-state index in [1.165, 1.54) is 23.5 Å². The van der Waals surface area contributed by atoms with Crippen LogP contribution in [-0.4, -0.2) is 20.4 Å². The Morgan fingerprint density at radius 3 is 2.83 bits per heavy atom. The van der Waals surface area contributed by atoms with Crippen molar-refractivity contribution < 1.29 is 9.72 Å². The highest BCUT2D eigenvalue weighted by atomic mass is 32.1. The number of nitro groups is 1. The zero-order valence-corrected chi connectivity index (χ0v) is 17.0. The van der Waals surface area contributed by atoms with Gasteiger partial charge in [0, 0.05) is 25.1 Å². The minimum atomic E-state index is -0.502. The van der Waals surface area contributed by atoms with E-state index in [0.717, 1.165) is 31.5 Å². The quantitative estimate of drug-likeness (QED) is 0.517. The summed E-state index contributed by atoms with van der Waals surface area (Å²) in [6.07, 6.45) is 3.78. The third-order valence-electron chi connectivity index (χ3n) is 5.30. The number of anilines is 1. The van der Waals surface area contributed by atoms with Crippen molar-refractivity contribution in [2.75, 3.05) is 5.32 Å². The molecular formula is C20H20N4O4S. The lowest BCUT2D eigenvalue weighted by atomic mass is 10.1. The predicted octanol–water partition coefficient (Wildman–Crippen LogP) is 3.96. The molecule has 0 unspecified atom stereocenters. The molecule has 1 aliphatic rings. The van der Waals surface area contributed by atoms with Crippen LogP contribution in [0.4, 0.5) is 11.4 Å². The average molecular weight is 412 g/mol. The number of non-ortho nitro benzene ring substituents is 1. The van der Waals surface area contributed by atoms with Crippen molar-refractivity contribution in [3.8, 4) is 0 Å². The monoisotopic (exact) mass is 412 g/mol. The van der Waals surface area contributed by atoms with E-state index in [0.29, 0.717) is 38.5 Å². The molecule has 8 nitrogen and oxygen atoms in total. The number of hydrogen-bond acceptors (Lipinski definition) is 6. The Hall–Kier alpha value is -3.07. The molecular weight excluding hydrogens is 392 g/mol. The maximum absolute atomic E-state index is 13.0. The molecule has 29 heavy (non-hydrogen) atoms. The highest BCUT2D eigenvalue weighted by molar-refractivity contribution is 7.20. The Morgan fingerprint density at radius 2 is 2.07 bits per heavy atom. The minimum absolute atomic E-state index is 0.0915. The van der Waals surface area contributed by atoms with E-state index in [2.05, 4.69) is 10.3 Å². The van der Waals surface area contributed by atoms with Gasteiger partial charge < -0.3 is 5.32 Å². The number of nitrogens with zero attached hydrogens (tertiary/aromatic N) is 3. The highest BCUT2D eigenvalue weighted by Crippen LogP contribution is 2.30. The molecule has 0 saturated carbocycles. The van der Waals surface area contributed by atoms with Gasteiger partial charge in [-0.25, -0.2) is 4.98 Å². The molecule has 3 aromatic rings. The molecule has 1 aliphatic heterocycles. The fourth-order valence-electron chi connectivity index (χ4n) is 3.66. The first-order valence-corrected chi connectivity index (χ1v) is 10.3. The summed E-state index contributed by atoms with van der Waals surface area (Å²) < 4.78 is 1.74. The normalized spacial score (nSPS) is 13.7. The average Bonchev–Trinajstić information content (AvgIpc) is 2.85. The fourth-order valence-corrected chi connectivity index (χ4v) is 4.75. The van der Waals surface area contributed by atoms with Gasteiger partial charge in [-0.15, -0.1) is 11.3 Å². The molecule has 0 radical (unpaired) electrons. The van der Waals surface area contributed by atoms with E-state index in [9.17, 15) is 19.7 Å². The van der Waals surface area contributed by atoms with Crippen molar-refractivity contribution >= 4 is 38.8 Å². The van der Waals surface area contributed by atoms with E-state index in [1.54, 1.807) is 24.5 Å². The molecule has 0 spiro atoms. The van der Waals surface area contributed by atoms with Crippen molar-refractivity contribution in [2.24, 2.45) is 0 Å². The zero-order valence-electron chi connectivity index (χ0n) is 16.2. The second-order valence-corrected chi connectivity index (χ2v) is 8.24. The van der Waals surface area contributed by atoms with Crippen LogP contribution >= 0.6 is 11.3 Å². The number of nitro benzene ring substituents is 1. The number of nitrogens with one attached hydrogen (secondary N) is 1. The number of carbonyl (C=O) groups excluding carboxylic acids is 1. The molecule has 0 atom stereocenters. The third-order valence-corrected chi connectivity index (χ3v) is 6.48. The van der Waals surface area contributed by atoms with E-state index in [-0.39, 0.29) is 11.2 Å². The van der Waals surface area contributed by atoms with Gasteiger partial charge in [-0.3, -0.25) is 24.3 Å². The number of benzene rings is 1. The van der Waals surface area contributed by atoms with Crippen LogP contribution in [0.3, 0.4) is 0 Å². The smallest absolute Gasteiger partial charge is 0.271 e. The summed E-state index contributed by atoms with van der Waals surface area (Å²) in [5.41, 5.74) is 1.51. The minimum Gasteiger partial charge on any atom is -0.321 e. The number of aryl methyl sites for hydroxylation is 3. The first-order valence-electron chi connectivity index (χ1n) is 9.46. The number of rotatable bonds is 3. The first-order chi connectivity index (χ1) is 13.9. The summed E-state index contributed by atoms with van der Waals surface area (Å²) >= 11 is 1.19. The van der Waals surface area contributed by atoms with Crippen molar-refractivity contribution in [1.29, 1.82) is 0 Å². The van der Waals surface area contributed by atoms with Gasteiger partial charge >= 0.3 is 0 Å². The molecule has 3 heterocycles. The Morgan fingerprint density at radius 1 is 1.28 bits per heavy atom. The lowest BCUT2D eigenvalue weighted by Gasteiger charge is -2.08. The van der Waals surface area contributed by atoms with Crippen LogP contribution in [0.2, 0.25) is 0 Å². The Bertz CT molecular complexity index is 1210. The molecule has 1 N–H and O–H groups in total. The molecule has 0 saturated heterocycles. The summed E-state index contributed by atoms with van der Waals surface area (Å²) in [6, 6.07) is 4.33. The van der Waals surface area contributed by atoms with Crippen molar-refractivity contribution in [1.82, 2.24) is 9.55 Å². The second kappa shape index (κ2) is 7.40. The largest absolute Gasteiger partial charge is 0.321 e. The highest BCUT2D eigenvalue weighted by Gasteiger charge is 2.23. The Labute approximate surface area is 170 Å². The van der Waals surface area contributed by atoms with Crippen LogP contribution in [0, 0.1) is 24.0 Å². The number of carbonyl (C=O) groups is 1. The number of aromatic nitrogens is 2. The molecule has 4 rings (SSSR count). The standard InChI is InChI=1S/C20H20N4O4S/c1-11-7-8-13(24(27)28)10-14(11)21-18(25)17-12(2)16-19(29-17)22-15-6-4-3-5-9-23(15)20(16)26/h7-8,10H,3-6,9H2,1-2H3,(H,21,25). The maximum Gasteiger partial charge on any atom is 0.271 e. The van der Waals surface area contributed by atoms with Gasteiger partial charge in [0.1, 0.15) is 10.7 Å². The summed E-state index contributed by atoms with van der Waals surface area (Å²) in [6.45, 7) is 4.17. The lowest BCUT2D eigenvalue weighted by molar-refractivity contribution is -0.384. The van der Waals surface area contributed by atoms with Gasteiger partial charge in [-0.05, 0) is 37.8 Å².